The molecule has 1 aromatic rings. The minimum atomic E-state index is -0.105. The molecule has 3 rings (SSSR count). The monoisotopic (exact) mass is 332 g/mol. The molecule has 6 heteroatoms. The minimum Gasteiger partial charge on any atom is -0.348 e. The summed E-state index contributed by atoms with van der Waals surface area (Å²) in [6.07, 6.45) is 7.36. The molecule has 2 heterocycles. The number of nitrogens with zero attached hydrogens (tertiary/aromatic N) is 3. The molecule has 1 N–H and O–H groups in total. The molecule has 24 heavy (non-hydrogen) atoms. The summed E-state index contributed by atoms with van der Waals surface area (Å²) >= 11 is 0. The van der Waals surface area contributed by atoms with E-state index in [0.29, 0.717) is 24.6 Å². The van der Waals surface area contributed by atoms with Crippen LogP contribution in [0.4, 0.5) is 0 Å². The Morgan fingerprint density at radius 2 is 1.88 bits per heavy atom. The van der Waals surface area contributed by atoms with Gasteiger partial charge in [0.25, 0.3) is 11.8 Å². The highest BCUT2D eigenvalue weighted by atomic mass is 16.2. The third-order valence-electron chi connectivity index (χ3n) is 5.27. The van der Waals surface area contributed by atoms with E-state index < -0.39 is 0 Å². The number of carbonyl (C=O) groups is 2. The maximum Gasteiger partial charge on any atom is 0.289 e. The molecule has 1 saturated carbocycles. The van der Waals surface area contributed by atoms with Gasteiger partial charge < -0.3 is 14.8 Å². The Morgan fingerprint density at radius 3 is 2.54 bits per heavy atom. The number of fused-ring (bicyclic) bond motifs is 1. The number of imidazole rings is 1. The molecule has 0 aromatic carbocycles. The van der Waals surface area contributed by atoms with Crippen molar-refractivity contribution in [3.05, 3.63) is 17.2 Å². The van der Waals surface area contributed by atoms with Gasteiger partial charge in [-0.2, -0.15) is 0 Å². The zero-order valence-electron chi connectivity index (χ0n) is 14.8. The van der Waals surface area contributed by atoms with Crippen molar-refractivity contribution in [1.29, 1.82) is 0 Å². The van der Waals surface area contributed by atoms with E-state index in [0.717, 1.165) is 44.3 Å². The quantitative estimate of drug-likeness (QED) is 0.900. The fourth-order valence-corrected chi connectivity index (χ4v) is 3.86. The number of hydrogen-bond donors (Lipinski definition) is 1. The number of carbonyl (C=O) groups excluding carboxylic acids is 2. The van der Waals surface area contributed by atoms with E-state index in [1.54, 1.807) is 4.90 Å². The maximum atomic E-state index is 12.8. The molecule has 0 atom stereocenters. The van der Waals surface area contributed by atoms with E-state index in [1.807, 2.05) is 18.4 Å². The second kappa shape index (κ2) is 7.36. The maximum absolute atomic E-state index is 12.8. The third-order valence-corrected chi connectivity index (χ3v) is 5.27. The van der Waals surface area contributed by atoms with Gasteiger partial charge in [-0.15, -0.1) is 0 Å². The van der Waals surface area contributed by atoms with Gasteiger partial charge in [-0.05, 0) is 46.0 Å². The van der Waals surface area contributed by atoms with Crippen molar-refractivity contribution in [3.8, 4) is 0 Å². The second-order valence-corrected chi connectivity index (χ2v) is 6.77. The Bertz CT molecular complexity index is 613. The van der Waals surface area contributed by atoms with Crippen LogP contribution in [-0.2, 0) is 13.0 Å². The van der Waals surface area contributed by atoms with Gasteiger partial charge in [-0.25, -0.2) is 4.98 Å². The number of amides is 2. The van der Waals surface area contributed by atoms with Crippen molar-refractivity contribution in [2.24, 2.45) is 0 Å². The van der Waals surface area contributed by atoms with Crippen molar-refractivity contribution >= 4 is 11.8 Å². The molecular weight excluding hydrogens is 304 g/mol. The number of nitrogens with one attached hydrogen (secondary N) is 1. The summed E-state index contributed by atoms with van der Waals surface area (Å²) in [5.74, 6) is 0.263. The molecule has 6 nitrogen and oxygen atoms in total. The first kappa shape index (κ1) is 17.0. The Labute approximate surface area is 143 Å². The van der Waals surface area contributed by atoms with Crippen LogP contribution in [0.2, 0.25) is 0 Å². The lowest BCUT2D eigenvalue weighted by Crippen LogP contribution is -2.33. The molecule has 1 aliphatic carbocycles. The van der Waals surface area contributed by atoms with Crippen LogP contribution in [0.1, 0.15) is 79.2 Å². The Kier molecular flexibility index (Phi) is 5.21. The van der Waals surface area contributed by atoms with Gasteiger partial charge in [0.15, 0.2) is 5.82 Å². The van der Waals surface area contributed by atoms with Crippen molar-refractivity contribution < 1.29 is 9.59 Å². The minimum absolute atomic E-state index is 0.0666. The average molecular weight is 332 g/mol. The van der Waals surface area contributed by atoms with Crippen LogP contribution >= 0.6 is 0 Å². The van der Waals surface area contributed by atoms with E-state index in [1.165, 1.54) is 12.8 Å². The Morgan fingerprint density at radius 1 is 1.17 bits per heavy atom. The Balaban J connectivity index is 1.89. The second-order valence-electron chi connectivity index (χ2n) is 6.77. The van der Waals surface area contributed by atoms with Gasteiger partial charge in [-0.3, -0.25) is 9.59 Å². The molecule has 2 amide bonds. The van der Waals surface area contributed by atoms with Gasteiger partial charge in [0.1, 0.15) is 5.69 Å². The van der Waals surface area contributed by atoms with Crippen LogP contribution in [0.15, 0.2) is 0 Å². The standard InChI is InChI=1S/C18H28N4O2/c1-3-21(4-2)18(24)16-20-15(14-11-7-8-12-22(14)16)17(23)19-13-9-5-6-10-13/h13H,3-12H2,1-2H3,(H,19,23). The average Bonchev–Trinajstić information content (AvgIpc) is 3.23. The van der Waals surface area contributed by atoms with Gasteiger partial charge >= 0.3 is 0 Å². The third kappa shape index (κ3) is 3.19. The number of hydrogen-bond acceptors (Lipinski definition) is 3. The van der Waals surface area contributed by atoms with Gasteiger partial charge in [0.05, 0.1) is 5.69 Å². The highest BCUT2D eigenvalue weighted by Crippen LogP contribution is 2.23. The summed E-state index contributed by atoms with van der Waals surface area (Å²) in [7, 11) is 0. The zero-order valence-corrected chi connectivity index (χ0v) is 14.8. The molecule has 2 aliphatic rings. The summed E-state index contributed by atoms with van der Waals surface area (Å²) in [4.78, 5) is 31.8. The highest BCUT2D eigenvalue weighted by molar-refractivity contribution is 5.97. The molecule has 0 saturated heterocycles. The Hall–Kier alpha value is -1.85. The number of rotatable bonds is 5. The van der Waals surface area contributed by atoms with Crippen LogP contribution < -0.4 is 5.32 Å². The molecule has 0 radical (unpaired) electrons. The summed E-state index contributed by atoms with van der Waals surface area (Å²) in [6, 6.07) is 0.264. The molecule has 1 aliphatic heterocycles. The van der Waals surface area contributed by atoms with Crippen LogP contribution in [0.5, 0.6) is 0 Å². The first-order valence-electron chi connectivity index (χ1n) is 9.35. The molecule has 132 valence electrons. The predicted octanol–water partition coefficient (Wildman–Crippen LogP) is 2.37. The van der Waals surface area contributed by atoms with Crippen LogP contribution in [0, 0.1) is 0 Å². The SMILES string of the molecule is CCN(CC)C(=O)c1nc(C(=O)NC2CCCC2)c2n1CCCC2. The summed E-state index contributed by atoms with van der Waals surface area (Å²) in [5, 5.41) is 3.12. The highest BCUT2D eigenvalue weighted by Gasteiger charge is 2.30. The van der Waals surface area contributed by atoms with Gasteiger partial charge in [0, 0.05) is 25.7 Å². The van der Waals surface area contributed by atoms with E-state index >= 15 is 0 Å². The largest absolute Gasteiger partial charge is 0.348 e. The predicted molar refractivity (Wildman–Crippen MR) is 92.1 cm³/mol. The van der Waals surface area contributed by atoms with E-state index in [4.69, 9.17) is 0 Å². The van der Waals surface area contributed by atoms with E-state index in [-0.39, 0.29) is 17.9 Å². The van der Waals surface area contributed by atoms with Gasteiger partial charge in [0.2, 0.25) is 0 Å². The first-order chi connectivity index (χ1) is 11.7. The van der Waals surface area contributed by atoms with E-state index in [2.05, 4.69) is 10.3 Å². The molecule has 0 bridgehead atoms. The molecular formula is C18H28N4O2. The van der Waals surface area contributed by atoms with Crippen molar-refractivity contribution in [3.63, 3.8) is 0 Å². The topological polar surface area (TPSA) is 67.2 Å². The molecule has 0 spiro atoms. The lowest BCUT2D eigenvalue weighted by atomic mass is 10.1. The molecule has 1 aromatic heterocycles. The summed E-state index contributed by atoms with van der Waals surface area (Å²) in [6.45, 7) is 6.02. The van der Waals surface area contributed by atoms with Crippen LogP contribution in [-0.4, -0.2) is 45.4 Å². The smallest absolute Gasteiger partial charge is 0.289 e. The van der Waals surface area contributed by atoms with Crippen LogP contribution in [0.25, 0.3) is 0 Å². The van der Waals surface area contributed by atoms with Crippen molar-refractivity contribution in [1.82, 2.24) is 19.8 Å². The fraction of sp³-hybridized carbons (Fsp3) is 0.722. The molecule has 1 fully saturated rings. The fourth-order valence-electron chi connectivity index (χ4n) is 3.86. The summed E-state index contributed by atoms with van der Waals surface area (Å²) in [5.41, 5.74) is 1.41. The lowest BCUT2D eigenvalue weighted by molar-refractivity contribution is 0.0754. The van der Waals surface area contributed by atoms with Crippen molar-refractivity contribution in [2.75, 3.05) is 13.1 Å². The van der Waals surface area contributed by atoms with E-state index in [9.17, 15) is 9.59 Å². The normalized spacial score (nSPS) is 17.6. The first-order valence-corrected chi connectivity index (χ1v) is 9.35. The number of aromatic nitrogens is 2. The molecule has 0 unspecified atom stereocenters. The lowest BCUT2D eigenvalue weighted by Gasteiger charge is -2.21. The van der Waals surface area contributed by atoms with Gasteiger partial charge in [-0.1, -0.05) is 12.8 Å². The van der Waals surface area contributed by atoms with Crippen molar-refractivity contribution in [2.45, 2.75) is 71.4 Å². The zero-order chi connectivity index (χ0) is 17.1. The summed E-state index contributed by atoms with van der Waals surface area (Å²) < 4.78 is 1.98. The van der Waals surface area contributed by atoms with Crippen LogP contribution in [0.3, 0.4) is 0 Å².